The Labute approximate surface area is 127 Å². The second-order valence-electron chi connectivity index (χ2n) is 5.81. The van der Waals surface area contributed by atoms with Gasteiger partial charge in [-0.3, -0.25) is 4.79 Å². The molecule has 1 aromatic carbocycles. The summed E-state index contributed by atoms with van der Waals surface area (Å²) in [5, 5.41) is 2.91. The van der Waals surface area contributed by atoms with Crippen molar-refractivity contribution < 1.29 is 9.53 Å². The topological polar surface area (TPSA) is 64.3 Å². The van der Waals surface area contributed by atoms with Gasteiger partial charge in [0.15, 0.2) is 0 Å². The molecule has 0 aromatic heterocycles. The number of hydrogen-bond donors (Lipinski definition) is 2. The van der Waals surface area contributed by atoms with Gasteiger partial charge in [0.1, 0.15) is 0 Å². The summed E-state index contributed by atoms with van der Waals surface area (Å²) >= 11 is 0. The van der Waals surface area contributed by atoms with Gasteiger partial charge in [-0.1, -0.05) is 32.9 Å². The molecule has 0 saturated heterocycles. The molecule has 1 rings (SSSR count). The number of carbonyl (C=O) groups excluding carboxylic acids is 1. The van der Waals surface area contributed by atoms with Gasteiger partial charge in [0.05, 0.1) is 12.5 Å². The van der Waals surface area contributed by atoms with Crippen molar-refractivity contribution in [3.05, 3.63) is 29.8 Å². The highest BCUT2D eigenvalue weighted by molar-refractivity contribution is 5.85. The first kappa shape index (κ1) is 18.7. The number of benzene rings is 1. The fourth-order valence-electron chi connectivity index (χ4n) is 1.83. The van der Waals surface area contributed by atoms with Gasteiger partial charge in [-0.25, -0.2) is 0 Å². The quantitative estimate of drug-likeness (QED) is 0.821. The van der Waals surface area contributed by atoms with E-state index in [4.69, 9.17) is 10.5 Å². The predicted molar refractivity (Wildman–Crippen MR) is 85.1 cm³/mol. The highest BCUT2D eigenvalue weighted by Gasteiger charge is 2.24. The standard InChI is InChI=1S/C15H24N2O2.ClH/c1-15(2,3)13(19-4)10-17-14(18)9-11-5-7-12(16)8-6-11;/h5-8,13H,9-10,16H2,1-4H3,(H,17,18);1H. The minimum Gasteiger partial charge on any atom is -0.399 e. The van der Waals surface area contributed by atoms with E-state index >= 15 is 0 Å². The van der Waals surface area contributed by atoms with E-state index in [2.05, 4.69) is 26.1 Å². The SMILES string of the molecule is COC(CNC(=O)Cc1ccc(N)cc1)C(C)(C)C.Cl. The van der Waals surface area contributed by atoms with Crippen LogP contribution in [0.5, 0.6) is 0 Å². The number of hydrogen-bond acceptors (Lipinski definition) is 3. The molecule has 0 fully saturated rings. The van der Waals surface area contributed by atoms with Crippen molar-refractivity contribution in [3.63, 3.8) is 0 Å². The van der Waals surface area contributed by atoms with E-state index in [0.29, 0.717) is 18.7 Å². The maximum Gasteiger partial charge on any atom is 0.224 e. The molecule has 4 nitrogen and oxygen atoms in total. The number of methoxy groups -OCH3 is 1. The van der Waals surface area contributed by atoms with Crippen molar-refractivity contribution in [1.82, 2.24) is 5.32 Å². The second kappa shape index (κ2) is 8.12. The Hall–Kier alpha value is -1.26. The summed E-state index contributed by atoms with van der Waals surface area (Å²) in [7, 11) is 1.67. The molecule has 20 heavy (non-hydrogen) atoms. The van der Waals surface area contributed by atoms with Crippen molar-refractivity contribution in [2.24, 2.45) is 5.41 Å². The number of carbonyl (C=O) groups is 1. The van der Waals surface area contributed by atoms with Gasteiger partial charge >= 0.3 is 0 Å². The molecule has 0 spiro atoms. The number of nitrogen functional groups attached to an aromatic ring is 1. The molecule has 0 bridgehead atoms. The molecule has 0 aliphatic rings. The minimum absolute atomic E-state index is 0. The number of anilines is 1. The number of nitrogens with one attached hydrogen (secondary N) is 1. The Morgan fingerprint density at radius 1 is 1.30 bits per heavy atom. The van der Waals surface area contributed by atoms with Gasteiger partial charge in [-0.15, -0.1) is 12.4 Å². The van der Waals surface area contributed by atoms with Gasteiger partial charge in [0.25, 0.3) is 0 Å². The van der Waals surface area contributed by atoms with Crippen LogP contribution < -0.4 is 11.1 Å². The molecule has 114 valence electrons. The number of nitrogens with two attached hydrogens (primary N) is 1. The fraction of sp³-hybridized carbons (Fsp3) is 0.533. The predicted octanol–water partition coefficient (Wildman–Crippen LogP) is 2.41. The van der Waals surface area contributed by atoms with Crippen molar-refractivity contribution in [2.75, 3.05) is 19.4 Å². The Morgan fingerprint density at radius 2 is 1.85 bits per heavy atom. The largest absolute Gasteiger partial charge is 0.399 e. The van der Waals surface area contributed by atoms with E-state index in [0.717, 1.165) is 5.56 Å². The lowest BCUT2D eigenvalue weighted by Gasteiger charge is -2.29. The van der Waals surface area contributed by atoms with Crippen molar-refractivity contribution in [1.29, 1.82) is 0 Å². The van der Waals surface area contributed by atoms with Crippen LogP contribution in [0.25, 0.3) is 0 Å². The summed E-state index contributed by atoms with van der Waals surface area (Å²) in [6, 6.07) is 7.34. The highest BCUT2D eigenvalue weighted by atomic mass is 35.5. The highest BCUT2D eigenvalue weighted by Crippen LogP contribution is 2.20. The summed E-state index contributed by atoms with van der Waals surface area (Å²) in [4.78, 5) is 11.8. The van der Waals surface area contributed by atoms with Crippen LogP contribution in [0.2, 0.25) is 0 Å². The van der Waals surface area contributed by atoms with E-state index in [-0.39, 0.29) is 29.8 Å². The van der Waals surface area contributed by atoms with Crippen molar-refractivity contribution in [2.45, 2.75) is 33.3 Å². The summed E-state index contributed by atoms with van der Waals surface area (Å²) in [6.07, 6.45) is 0.365. The molecule has 1 aromatic rings. The zero-order chi connectivity index (χ0) is 14.5. The van der Waals surface area contributed by atoms with Crippen molar-refractivity contribution >= 4 is 24.0 Å². The third kappa shape index (κ3) is 6.26. The van der Waals surface area contributed by atoms with E-state index in [1.54, 1.807) is 19.2 Å². The average molecular weight is 301 g/mol. The summed E-state index contributed by atoms with van der Waals surface area (Å²) in [5.74, 6) is -0.00364. The Balaban J connectivity index is 0.00000361. The lowest BCUT2D eigenvalue weighted by atomic mass is 9.89. The Morgan fingerprint density at radius 3 is 2.30 bits per heavy atom. The van der Waals surface area contributed by atoms with Gasteiger partial charge in [-0.05, 0) is 23.1 Å². The molecule has 1 unspecified atom stereocenters. The molecule has 0 heterocycles. The summed E-state index contributed by atoms with van der Waals surface area (Å²) in [6.45, 7) is 6.79. The molecule has 1 atom stereocenters. The third-order valence-corrected chi connectivity index (χ3v) is 3.08. The molecule has 1 amide bonds. The van der Waals surface area contributed by atoms with Crippen LogP contribution in [-0.4, -0.2) is 25.7 Å². The molecule has 0 aliphatic carbocycles. The van der Waals surface area contributed by atoms with Gasteiger partial charge in [0.2, 0.25) is 5.91 Å². The lowest BCUT2D eigenvalue weighted by Crippen LogP contribution is -2.41. The summed E-state index contributed by atoms with van der Waals surface area (Å²) < 4.78 is 5.40. The Kier molecular flexibility index (Phi) is 7.61. The number of ether oxygens (including phenoxy) is 1. The molecular formula is C15H25ClN2O2. The molecule has 3 N–H and O–H groups in total. The zero-order valence-electron chi connectivity index (χ0n) is 12.6. The van der Waals surface area contributed by atoms with E-state index < -0.39 is 0 Å². The van der Waals surface area contributed by atoms with E-state index in [1.165, 1.54) is 0 Å². The van der Waals surface area contributed by atoms with E-state index in [9.17, 15) is 4.79 Å². The van der Waals surface area contributed by atoms with Crippen LogP contribution in [-0.2, 0) is 16.0 Å². The first-order chi connectivity index (χ1) is 8.82. The molecule has 0 aliphatic heterocycles. The van der Waals surface area contributed by atoms with Crippen molar-refractivity contribution in [3.8, 4) is 0 Å². The number of halogens is 1. The first-order valence-corrected chi connectivity index (χ1v) is 6.47. The van der Waals surface area contributed by atoms with Crippen LogP contribution in [0.3, 0.4) is 0 Å². The fourth-order valence-corrected chi connectivity index (χ4v) is 1.83. The van der Waals surface area contributed by atoms with Gasteiger partial charge < -0.3 is 15.8 Å². The Bertz CT molecular complexity index is 413. The summed E-state index contributed by atoms with van der Waals surface area (Å²) in [5.41, 5.74) is 7.27. The van der Waals surface area contributed by atoms with Crippen LogP contribution in [0, 0.1) is 5.41 Å². The number of amides is 1. The van der Waals surface area contributed by atoms with Gasteiger partial charge in [0, 0.05) is 19.3 Å². The smallest absolute Gasteiger partial charge is 0.224 e. The van der Waals surface area contributed by atoms with Crippen LogP contribution >= 0.6 is 12.4 Å². The van der Waals surface area contributed by atoms with Crippen LogP contribution in [0.15, 0.2) is 24.3 Å². The van der Waals surface area contributed by atoms with E-state index in [1.807, 2.05) is 12.1 Å². The molecule has 0 radical (unpaired) electrons. The molecular weight excluding hydrogens is 276 g/mol. The lowest BCUT2D eigenvalue weighted by molar-refractivity contribution is -0.121. The average Bonchev–Trinajstić information content (AvgIpc) is 2.31. The molecule has 0 saturated carbocycles. The maximum atomic E-state index is 11.8. The minimum atomic E-state index is -0.00364. The normalized spacial score (nSPS) is 12.4. The molecule has 5 heteroatoms. The maximum absolute atomic E-state index is 11.8. The second-order valence-corrected chi connectivity index (χ2v) is 5.81. The monoisotopic (exact) mass is 300 g/mol. The number of rotatable bonds is 5. The first-order valence-electron chi connectivity index (χ1n) is 6.47. The van der Waals surface area contributed by atoms with Crippen LogP contribution in [0.4, 0.5) is 5.69 Å². The third-order valence-electron chi connectivity index (χ3n) is 3.08. The zero-order valence-corrected chi connectivity index (χ0v) is 13.4. The van der Waals surface area contributed by atoms with Gasteiger partial charge in [-0.2, -0.15) is 0 Å². The van der Waals surface area contributed by atoms with Crippen LogP contribution in [0.1, 0.15) is 26.3 Å².